The summed E-state index contributed by atoms with van der Waals surface area (Å²) in [4.78, 5) is 6.80. The second-order valence-corrected chi connectivity index (χ2v) is 7.04. The smallest absolute Gasteiger partial charge is 0.149 e. The van der Waals surface area contributed by atoms with Crippen LogP contribution in [-0.4, -0.2) is 39.8 Å². The van der Waals surface area contributed by atoms with Gasteiger partial charge in [0.2, 0.25) is 0 Å². The number of aromatic nitrogens is 3. The van der Waals surface area contributed by atoms with E-state index in [9.17, 15) is 4.39 Å². The van der Waals surface area contributed by atoms with Crippen LogP contribution in [0.1, 0.15) is 13.8 Å². The monoisotopic (exact) mass is 359 g/mol. The van der Waals surface area contributed by atoms with Gasteiger partial charge in [0.25, 0.3) is 0 Å². The van der Waals surface area contributed by atoms with Crippen molar-refractivity contribution in [3.8, 4) is 11.3 Å². The molecular weight excluding hydrogens is 341 g/mol. The highest BCUT2D eigenvalue weighted by molar-refractivity contribution is 6.31. The number of hydrogen-bond donors (Lipinski definition) is 1. The summed E-state index contributed by atoms with van der Waals surface area (Å²) in [5.74, 6) is 0.410. The lowest BCUT2D eigenvalue weighted by molar-refractivity contribution is 0.405. The molecule has 5 nitrogen and oxygen atoms in total. The summed E-state index contributed by atoms with van der Waals surface area (Å²) in [5, 5.41) is 8.34. The van der Waals surface area contributed by atoms with Crippen molar-refractivity contribution in [2.24, 2.45) is 0 Å². The number of nitrogens with zero attached hydrogens (tertiary/aromatic N) is 4. The first kappa shape index (κ1) is 16.3. The molecule has 0 radical (unpaired) electrons. The van der Waals surface area contributed by atoms with Crippen LogP contribution >= 0.6 is 11.6 Å². The Hall–Kier alpha value is -2.18. The van der Waals surface area contributed by atoms with Gasteiger partial charge >= 0.3 is 0 Å². The SMILES string of the molecule is CC1CN(c2ccc(F)c(-c3cnn4ccc(Cl)cc34)n2)CC(C)N1. The lowest BCUT2D eigenvalue weighted by Gasteiger charge is -2.37. The molecule has 3 aromatic heterocycles. The van der Waals surface area contributed by atoms with Gasteiger partial charge in [-0.05, 0) is 38.1 Å². The van der Waals surface area contributed by atoms with E-state index >= 15 is 0 Å². The predicted molar refractivity (Wildman–Crippen MR) is 97.7 cm³/mol. The molecule has 0 spiro atoms. The van der Waals surface area contributed by atoms with E-state index < -0.39 is 0 Å². The Morgan fingerprint density at radius 3 is 2.72 bits per heavy atom. The Kier molecular flexibility index (Phi) is 4.09. The van der Waals surface area contributed by atoms with E-state index in [1.54, 1.807) is 35.1 Å². The van der Waals surface area contributed by atoms with Gasteiger partial charge in [0.05, 0.1) is 11.7 Å². The minimum Gasteiger partial charge on any atom is -0.353 e. The average molecular weight is 360 g/mol. The van der Waals surface area contributed by atoms with Gasteiger partial charge < -0.3 is 10.2 Å². The molecule has 1 aliphatic heterocycles. The Labute approximate surface area is 150 Å². The number of halogens is 2. The normalized spacial score (nSPS) is 21.0. The molecule has 4 heterocycles. The van der Waals surface area contributed by atoms with Gasteiger partial charge in [0.15, 0.2) is 0 Å². The predicted octanol–water partition coefficient (Wildman–Crippen LogP) is 3.38. The molecular formula is C18H19ClFN5. The first-order valence-corrected chi connectivity index (χ1v) is 8.70. The standard InChI is InChI=1S/C18H19ClFN5/c1-11-9-24(10-12(2)22-11)17-4-3-15(20)18(23-17)14-8-21-25-6-5-13(19)7-16(14)25/h3-8,11-12,22H,9-10H2,1-2H3. The summed E-state index contributed by atoms with van der Waals surface area (Å²) in [7, 11) is 0. The van der Waals surface area contributed by atoms with Crippen molar-refractivity contribution in [2.45, 2.75) is 25.9 Å². The zero-order chi connectivity index (χ0) is 17.6. The van der Waals surface area contributed by atoms with Gasteiger partial charge in [-0.2, -0.15) is 5.10 Å². The van der Waals surface area contributed by atoms with Crippen molar-refractivity contribution in [1.82, 2.24) is 19.9 Å². The van der Waals surface area contributed by atoms with Gasteiger partial charge in [-0.1, -0.05) is 11.6 Å². The van der Waals surface area contributed by atoms with E-state index in [0.29, 0.717) is 28.4 Å². The van der Waals surface area contributed by atoms with Crippen molar-refractivity contribution in [3.05, 3.63) is 47.5 Å². The largest absolute Gasteiger partial charge is 0.353 e. The molecule has 2 unspecified atom stereocenters. The molecule has 0 aliphatic carbocycles. The topological polar surface area (TPSA) is 45.5 Å². The van der Waals surface area contributed by atoms with Crippen LogP contribution in [0.2, 0.25) is 5.02 Å². The van der Waals surface area contributed by atoms with Crippen molar-refractivity contribution in [3.63, 3.8) is 0 Å². The van der Waals surface area contributed by atoms with Crippen molar-refractivity contribution in [1.29, 1.82) is 0 Å². The van der Waals surface area contributed by atoms with E-state index in [1.165, 1.54) is 6.07 Å². The van der Waals surface area contributed by atoms with Gasteiger partial charge in [-0.25, -0.2) is 13.9 Å². The zero-order valence-electron chi connectivity index (χ0n) is 14.1. The summed E-state index contributed by atoms with van der Waals surface area (Å²) >= 11 is 6.09. The second-order valence-electron chi connectivity index (χ2n) is 6.61. The zero-order valence-corrected chi connectivity index (χ0v) is 14.8. The molecule has 25 heavy (non-hydrogen) atoms. The third-order valence-corrected chi connectivity index (χ3v) is 4.69. The van der Waals surface area contributed by atoms with Gasteiger partial charge in [0, 0.05) is 42.0 Å². The fraction of sp³-hybridized carbons (Fsp3) is 0.333. The van der Waals surface area contributed by atoms with Gasteiger partial charge in [-0.3, -0.25) is 0 Å². The van der Waals surface area contributed by atoms with Crippen LogP contribution in [0.15, 0.2) is 36.7 Å². The maximum atomic E-state index is 14.5. The van der Waals surface area contributed by atoms with Crippen molar-refractivity contribution >= 4 is 22.9 Å². The quantitative estimate of drug-likeness (QED) is 0.762. The highest BCUT2D eigenvalue weighted by atomic mass is 35.5. The summed E-state index contributed by atoms with van der Waals surface area (Å²) in [6, 6.07) is 7.44. The van der Waals surface area contributed by atoms with Gasteiger partial charge in [-0.15, -0.1) is 0 Å². The molecule has 0 bridgehead atoms. The summed E-state index contributed by atoms with van der Waals surface area (Å²) in [6.45, 7) is 5.95. The molecule has 0 aromatic carbocycles. The minimum atomic E-state index is -0.366. The van der Waals surface area contributed by atoms with Crippen molar-refractivity contribution < 1.29 is 4.39 Å². The molecule has 0 amide bonds. The van der Waals surface area contributed by atoms with E-state index in [4.69, 9.17) is 11.6 Å². The van der Waals surface area contributed by atoms with E-state index in [1.807, 2.05) is 0 Å². The van der Waals surface area contributed by atoms with E-state index in [-0.39, 0.29) is 5.82 Å². The Balaban J connectivity index is 1.78. The molecule has 1 fully saturated rings. The molecule has 4 rings (SSSR count). The maximum Gasteiger partial charge on any atom is 0.149 e. The Morgan fingerprint density at radius 1 is 1.20 bits per heavy atom. The molecule has 1 aliphatic rings. The fourth-order valence-electron chi connectivity index (χ4n) is 3.45. The second kappa shape index (κ2) is 6.28. The summed E-state index contributed by atoms with van der Waals surface area (Å²) in [5.41, 5.74) is 1.67. The Morgan fingerprint density at radius 2 is 1.96 bits per heavy atom. The number of hydrogen-bond acceptors (Lipinski definition) is 4. The number of pyridine rings is 2. The highest BCUT2D eigenvalue weighted by Crippen LogP contribution is 2.29. The lowest BCUT2D eigenvalue weighted by atomic mass is 10.1. The molecule has 130 valence electrons. The number of fused-ring (bicyclic) bond motifs is 1. The van der Waals surface area contributed by atoms with Crippen LogP contribution in [0, 0.1) is 5.82 Å². The van der Waals surface area contributed by atoms with E-state index in [0.717, 1.165) is 24.4 Å². The van der Waals surface area contributed by atoms with Crippen LogP contribution in [0.3, 0.4) is 0 Å². The Bertz CT molecular complexity index is 915. The molecule has 3 aromatic rings. The van der Waals surface area contributed by atoms with E-state index in [2.05, 4.69) is 34.1 Å². The molecule has 1 saturated heterocycles. The first-order chi connectivity index (χ1) is 12.0. The third kappa shape index (κ3) is 3.07. The summed E-state index contributed by atoms with van der Waals surface area (Å²) < 4.78 is 16.2. The highest BCUT2D eigenvalue weighted by Gasteiger charge is 2.23. The third-order valence-electron chi connectivity index (χ3n) is 4.45. The van der Waals surface area contributed by atoms with Crippen LogP contribution in [-0.2, 0) is 0 Å². The van der Waals surface area contributed by atoms with Crippen LogP contribution in [0.25, 0.3) is 16.8 Å². The molecule has 1 N–H and O–H groups in total. The maximum absolute atomic E-state index is 14.5. The molecule has 0 saturated carbocycles. The fourth-order valence-corrected chi connectivity index (χ4v) is 3.61. The first-order valence-electron chi connectivity index (χ1n) is 8.32. The van der Waals surface area contributed by atoms with Crippen LogP contribution < -0.4 is 10.2 Å². The van der Waals surface area contributed by atoms with Crippen LogP contribution in [0.5, 0.6) is 0 Å². The van der Waals surface area contributed by atoms with Gasteiger partial charge in [0.1, 0.15) is 17.3 Å². The number of anilines is 1. The lowest BCUT2D eigenvalue weighted by Crippen LogP contribution is -2.54. The number of nitrogens with one attached hydrogen (secondary N) is 1. The average Bonchev–Trinajstić information content (AvgIpc) is 2.97. The molecule has 2 atom stereocenters. The van der Waals surface area contributed by atoms with Crippen LogP contribution in [0.4, 0.5) is 10.2 Å². The molecule has 7 heteroatoms. The summed E-state index contributed by atoms with van der Waals surface area (Å²) in [6.07, 6.45) is 3.38. The van der Waals surface area contributed by atoms with Crippen molar-refractivity contribution in [2.75, 3.05) is 18.0 Å². The minimum absolute atomic E-state index is 0.300. The number of rotatable bonds is 2. The number of piperazine rings is 1.